The van der Waals surface area contributed by atoms with Gasteiger partial charge < -0.3 is 24.8 Å². The number of rotatable bonds is 10. The minimum atomic E-state index is -0.606. The number of hydrogen-bond acceptors (Lipinski definition) is 9. The number of pyridine rings is 1. The van der Waals surface area contributed by atoms with E-state index < -0.39 is 11.2 Å². The summed E-state index contributed by atoms with van der Waals surface area (Å²) in [5, 5.41) is 16.7. The molecule has 1 aliphatic heterocycles. The predicted octanol–water partition coefficient (Wildman–Crippen LogP) is 3.72. The predicted molar refractivity (Wildman–Crippen MR) is 133 cm³/mol. The van der Waals surface area contributed by atoms with Crippen LogP contribution in [0.2, 0.25) is 0 Å². The van der Waals surface area contributed by atoms with Gasteiger partial charge in [0.2, 0.25) is 5.88 Å². The van der Waals surface area contributed by atoms with Crippen LogP contribution in [-0.2, 0) is 9.47 Å². The first-order valence-corrected chi connectivity index (χ1v) is 12.6. The second kappa shape index (κ2) is 12.4. The van der Waals surface area contributed by atoms with Gasteiger partial charge in [-0.25, -0.2) is 14.4 Å². The molecule has 1 saturated carbocycles. The summed E-state index contributed by atoms with van der Waals surface area (Å²) in [5.41, 5.74) is 0.0504. The minimum Gasteiger partial charge on any atom is -0.475 e. The van der Waals surface area contributed by atoms with E-state index in [4.69, 9.17) is 14.2 Å². The highest BCUT2D eigenvalue weighted by molar-refractivity contribution is 5.63. The van der Waals surface area contributed by atoms with E-state index in [1.807, 2.05) is 0 Å². The average molecular weight is 499 g/mol. The first-order chi connectivity index (χ1) is 17.5. The molecule has 0 unspecified atom stereocenters. The molecule has 0 aromatic carbocycles. The van der Waals surface area contributed by atoms with Crippen molar-refractivity contribution in [1.82, 2.24) is 20.3 Å². The van der Waals surface area contributed by atoms with Gasteiger partial charge >= 0.3 is 0 Å². The van der Waals surface area contributed by atoms with E-state index in [1.54, 1.807) is 13.2 Å². The Kier molecular flexibility index (Phi) is 9.02. The normalized spacial score (nSPS) is 22.4. The number of nitriles is 1. The van der Waals surface area contributed by atoms with Crippen LogP contribution in [0.5, 0.6) is 5.88 Å². The number of methoxy groups -OCH3 is 1. The standard InChI is InChI=1S/C26H35FN6O3/c1-18(15-34-2)31-19-3-5-20(6-4-19)32-24-11-21(22(27)12-30-24)23-13-29-14-25(33-23)36-17-26(16-28)7-9-35-10-8-26/h11-14,18-20,31H,3-10,15,17H2,1-2H3,(H,30,32)/t18-,19?,20?/m1/s1. The zero-order chi connectivity index (χ0) is 25.4. The number of halogens is 1. The van der Waals surface area contributed by atoms with Crippen molar-refractivity contribution in [3.05, 3.63) is 30.5 Å². The lowest BCUT2D eigenvalue weighted by atomic mass is 9.83. The SMILES string of the molecule is COC[C@@H](C)NC1CCC(Nc2cc(-c3cncc(OCC4(C#N)CCOCC4)n3)c(F)cn2)CC1. The molecule has 0 amide bonds. The Hall–Kier alpha value is -2.87. The molecule has 10 heteroatoms. The Morgan fingerprint density at radius 2 is 1.94 bits per heavy atom. The summed E-state index contributed by atoms with van der Waals surface area (Å²) < 4.78 is 31.1. The first kappa shape index (κ1) is 26.2. The lowest BCUT2D eigenvalue weighted by Crippen LogP contribution is -2.42. The van der Waals surface area contributed by atoms with Crippen molar-refractivity contribution in [2.24, 2.45) is 5.41 Å². The summed E-state index contributed by atoms with van der Waals surface area (Å²) in [6.07, 6.45) is 9.51. The van der Waals surface area contributed by atoms with Crippen molar-refractivity contribution in [2.45, 2.75) is 63.6 Å². The number of nitrogens with zero attached hydrogens (tertiary/aromatic N) is 4. The summed E-state index contributed by atoms with van der Waals surface area (Å²) in [5.74, 6) is 0.382. The van der Waals surface area contributed by atoms with Crippen LogP contribution in [0.15, 0.2) is 24.7 Å². The fraction of sp³-hybridized carbons (Fsp3) is 0.615. The van der Waals surface area contributed by atoms with Crippen LogP contribution in [0.25, 0.3) is 11.3 Å². The van der Waals surface area contributed by atoms with Crippen LogP contribution in [0, 0.1) is 22.6 Å². The fourth-order valence-corrected chi connectivity index (χ4v) is 4.84. The van der Waals surface area contributed by atoms with E-state index >= 15 is 0 Å². The fourth-order valence-electron chi connectivity index (χ4n) is 4.84. The Labute approximate surface area is 211 Å². The largest absolute Gasteiger partial charge is 0.475 e. The number of nitrogens with one attached hydrogen (secondary N) is 2. The third-order valence-corrected chi connectivity index (χ3v) is 6.94. The zero-order valence-corrected chi connectivity index (χ0v) is 21.0. The van der Waals surface area contributed by atoms with Crippen molar-refractivity contribution in [3.63, 3.8) is 0 Å². The minimum absolute atomic E-state index is 0.193. The van der Waals surface area contributed by atoms with E-state index in [1.165, 1.54) is 18.6 Å². The number of hydrogen-bond donors (Lipinski definition) is 2. The molecule has 2 N–H and O–H groups in total. The molecule has 2 aromatic rings. The number of ether oxygens (including phenoxy) is 3. The molecule has 0 radical (unpaired) electrons. The molecule has 1 atom stereocenters. The van der Waals surface area contributed by atoms with Gasteiger partial charge in [0.1, 0.15) is 12.4 Å². The third-order valence-electron chi connectivity index (χ3n) is 6.94. The van der Waals surface area contributed by atoms with Crippen LogP contribution in [0.4, 0.5) is 10.2 Å². The zero-order valence-electron chi connectivity index (χ0n) is 21.0. The molecule has 4 rings (SSSR count). The van der Waals surface area contributed by atoms with Crippen LogP contribution in [0.1, 0.15) is 45.4 Å². The van der Waals surface area contributed by atoms with Gasteiger partial charge in [0.05, 0.1) is 42.4 Å². The maximum atomic E-state index is 14.7. The second-order valence-electron chi connectivity index (χ2n) is 9.80. The summed E-state index contributed by atoms with van der Waals surface area (Å²) in [7, 11) is 1.72. The lowest BCUT2D eigenvalue weighted by molar-refractivity contribution is 0.0182. The first-order valence-electron chi connectivity index (χ1n) is 12.6. The van der Waals surface area contributed by atoms with Gasteiger partial charge in [-0.05, 0) is 51.5 Å². The Morgan fingerprint density at radius 3 is 2.67 bits per heavy atom. The van der Waals surface area contributed by atoms with Gasteiger partial charge in [-0.15, -0.1) is 0 Å². The Bertz CT molecular complexity index is 1030. The summed E-state index contributed by atoms with van der Waals surface area (Å²) in [6, 6.07) is 5.11. The smallest absolute Gasteiger partial charge is 0.232 e. The van der Waals surface area contributed by atoms with Crippen LogP contribution < -0.4 is 15.4 Å². The van der Waals surface area contributed by atoms with E-state index in [0.29, 0.717) is 61.8 Å². The molecule has 194 valence electrons. The lowest BCUT2D eigenvalue weighted by Gasteiger charge is -2.31. The van der Waals surface area contributed by atoms with Crippen LogP contribution >= 0.6 is 0 Å². The van der Waals surface area contributed by atoms with Crippen molar-refractivity contribution < 1.29 is 18.6 Å². The summed E-state index contributed by atoms with van der Waals surface area (Å²) >= 11 is 0. The third kappa shape index (κ3) is 6.87. The second-order valence-corrected chi connectivity index (χ2v) is 9.80. The average Bonchev–Trinajstić information content (AvgIpc) is 2.90. The number of aromatic nitrogens is 3. The molecular weight excluding hydrogens is 463 g/mol. The van der Waals surface area contributed by atoms with Crippen LogP contribution in [0.3, 0.4) is 0 Å². The van der Waals surface area contributed by atoms with Crippen molar-refractivity contribution in [2.75, 3.05) is 38.9 Å². The van der Waals surface area contributed by atoms with E-state index in [0.717, 1.165) is 25.7 Å². The molecule has 0 spiro atoms. The summed E-state index contributed by atoms with van der Waals surface area (Å²) in [6.45, 7) is 4.09. The maximum absolute atomic E-state index is 14.7. The number of anilines is 1. The highest BCUT2D eigenvalue weighted by Crippen LogP contribution is 2.31. The van der Waals surface area contributed by atoms with Gasteiger partial charge in [0.15, 0.2) is 5.82 Å². The molecule has 1 aliphatic carbocycles. The van der Waals surface area contributed by atoms with Gasteiger partial charge in [-0.1, -0.05) is 0 Å². The maximum Gasteiger partial charge on any atom is 0.232 e. The van der Waals surface area contributed by atoms with Crippen molar-refractivity contribution in [3.8, 4) is 23.2 Å². The monoisotopic (exact) mass is 498 g/mol. The molecule has 36 heavy (non-hydrogen) atoms. The van der Waals surface area contributed by atoms with Gasteiger partial charge in [0, 0.05) is 44.0 Å². The van der Waals surface area contributed by atoms with E-state index in [9.17, 15) is 9.65 Å². The highest BCUT2D eigenvalue weighted by Gasteiger charge is 2.34. The Balaban J connectivity index is 1.37. The molecule has 1 saturated heterocycles. The topological polar surface area (TPSA) is 114 Å². The molecule has 2 fully saturated rings. The van der Waals surface area contributed by atoms with Crippen molar-refractivity contribution in [1.29, 1.82) is 5.26 Å². The van der Waals surface area contributed by atoms with E-state index in [2.05, 4.69) is 38.6 Å². The highest BCUT2D eigenvalue weighted by atomic mass is 19.1. The summed E-state index contributed by atoms with van der Waals surface area (Å²) in [4.78, 5) is 12.9. The Morgan fingerprint density at radius 1 is 1.19 bits per heavy atom. The quantitative estimate of drug-likeness (QED) is 0.506. The van der Waals surface area contributed by atoms with Gasteiger partial charge in [-0.2, -0.15) is 5.26 Å². The molecule has 9 nitrogen and oxygen atoms in total. The molecule has 3 heterocycles. The van der Waals surface area contributed by atoms with Gasteiger partial charge in [0.25, 0.3) is 0 Å². The molecule has 2 aromatic heterocycles. The van der Waals surface area contributed by atoms with Gasteiger partial charge in [-0.3, -0.25) is 4.98 Å². The van der Waals surface area contributed by atoms with Crippen LogP contribution in [-0.4, -0.2) is 66.6 Å². The molecule has 0 bridgehead atoms. The van der Waals surface area contributed by atoms with Crippen molar-refractivity contribution >= 4 is 5.82 Å². The molecular formula is C26H35FN6O3. The van der Waals surface area contributed by atoms with E-state index in [-0.39, 0.29) is 18.5 Å². The molecule has 2 aliphatic rings.